The Hall–Kier alpha value is -3.04. The third-order valence-electron chi connectivity index (χ3n) is 5.95. The van der Waals surface area contributed by atoms with E-state index in [9.17, 15) is 13.2 Å². The lowest BCUT2D eigenvalue weighted by Gasteiger charge is -2.26. The highest BCUT2D eigenvalue weighted by Gasteiger charge is 2.31. The number of hydrogen-bond acceptors (Lipinski definition) is 5. The Morgan fingerprint density at radius 3 is 2.42 bits per heavy atom. The lowest BCUT2D eigenvalue weighted by molar-refractivity contribution is 0.0951. The Morgan fingerprint density at radius 1 is 1.03 bits per heavy atom. The summed E-state index contributed by atoms with van der Waals surface area (Å²) >= 11 is 0. The molecule has 8 nitrogen and oxygen atoms in total. The molecule has 9 heteroatoms. The van der Waals surface area contributed by atoms with Gasteiger partial charge in [-0.25, -0.2) is 8.42 Å². The average Bonchev–Trinajstić information content (AvgIpc) is 3.12. The van der Waals surface area contributed by atoms with Crippen LogP contribution < -0.4 is 5.32 Å². The highest BCUT2D eigenvalue weighted by atomic mass is 32.2. The molecule has 0 unspecified atom stereocenters. The van der Waals surface area contributed by atoms with E-state index in [1.165, 1.54) is 0 Å². The van der Waals surface area contributed by atoms with Crippen molar-refractivity contribution < 1.29 is 13.2 Å². The molecule has 4 rings (SSSR count). The van der Waals surface area contributed by atoms with E-state index in [0.29, 0.717) is 48.0 Å². The number of benzene rings is 1. The Kier molecular flexibility index (Phi) is 6.90. The van der Waals surface area contributed by atoms with Gasteiger partial charge in [-0.05, 0) is 56.0 Å². The van der Waals surface area contributed by atoms with Crippen molar-refractivity contribution in [1.29, 1.82) is 0 Å². The summed E-state index contributed by atoms with van der Waals surface area (Å²) in [6.45, 7) is 5.52. The SMILES string of the molecule is Cc1nn(Cc2ccc(C(=O)NCc3cccnc3)cc2)c(C)c1S(=O)(=O)N1CCCCC1. The van der Waals surface area contributed by atoms with E-state index in [0.717, 1.165) is 30.4 Å². The molecule has 1 saturated heterocycles. The van der Waals surface area contributed by atoms with Crippen molar-refractivity contribution in [2.45, 2.75) is 51.1 Å². The number of sulfonamides is 1. The molecule has 0 saturated carbocycles. The number of nitrogens with zero attached hydrogens (tertiary/aromatic N) is 4. The van der Waals surface area contributed by atoms with Crippen LogP contribution in [0.3, 0.4) is 0 Å². The number of aryl methyl sites for hydroxylation is 1. The molecular weight excluding hydrogens is 438 g/mol. The van der Waals surface area contributed by atoms with Crippen LogP contribution in [0.2, 0.25) is 0 Å². The number of hydrogen-bond donors (Lipinski definition) is 1. The summed E-state index contributed by atoms with van der Waals surface area (Å²) in [5.41, 5.74) is 3.58. The van der Waals surface area contributed by atoms with E-state index >= 15 is 0 Å². The van der Waals surface area contributed by atoms with Gasteiger partial charge >= 0.3 is 0 Å². The summed E-state index contributed by atoms with van der Waals surface area (Å²) in [6, 6.07) is 11.0. The first-order valence-corrected chi connectivity index (χ1v) is 12.6. The Balaban J connectivity index is 1.45. The number of aromatic nitrogens is 3. The number of pyridine rings is 1. The first-order chi connectivity index (χ1) is 15.9. The van der Waals surface area contributed by atoms with Crippen molar-refractivity contribution >= 4 is 15.9 Å². The molecule has 1 aliphatic heterocycles. The van der Waals surface area contributed by atoms with Crippen molar-refractivity contribution in [3.8, 4) is 0 Å². The third kappa shape index (κ3) is 5.15. The van der Waals surface area contributed by atoms with Crippen LogP contribution in [-0.2, 0) is 23.1 Å². The van der Waals surface area contributed by atoms with Crippen molar-refractivity contribution in [3.05, 3.63) is 76.9 Å². The summed E-state index contributed by atoms with van der Waals surface area (Å²) in [6.07, 6.45) is 6.28. The second kappa shape index (κ2) is 9.84. The molecule has 0 aliphatic carbocycles. The average molecular weight is 468 g/mol. The highest BCUT2D eigenvalue weighted by molar-refractivity contribution is 7.89. The lowest BCUT2D eigenvalue weighted by atomic mass is 10.1. The third-order valence-corrected chi connectivity index (χ3v) is 8.10. The fourth-order valence-corrected chi connectivity index (χ4v) is 6.05. The van der Waals surface area contributed by atoms with Gasteiger partial charge in [-0.2, -0.15) is 9.40 Å². The Bertz CT molecular complexity index is 1210. The maximum atomic E-state index is 13.2. The minimum Gasteiger partial charge on any atom is -0.348 e. The molecule has 0 atom stereocenters. The van der Waals surface area contributed by atoms with E-state index in [2.05, 4.69) is 15.4 Å². The van der Waals surface area contributed by atoms with Crippen molar-refractivity contribution in [3.63, 3.8) is 0 Å². The topological polar surface area (TPSA) is 97.2 Å². The van der Waals surface area contributed by atoms with E-state index in [4.69, 9.17) is 0 Å². The van der Waals surface area contributed by atoms with Crippen LogP contribution in [0.5, 0.6) is 0 Å². The van der Waals surface area contributed by atoms with E-state index < -0.39 is 10.0 Å². The summed E-state index contributed by atoms with van der Waals surface area (Å²) < 4.78 is 29.7. The van der Waals surface area contributed by atoms with Crippen LogP contribution in [0, 0.1) is 13.8 Å². The Morgan fingerprint density at radius 2 is 1.76 bits per heavy atom. The molecule has 1 aliphatic rings. The van der Waals surface area contributed by atoms with Gasteiger partial charge in [-0.1, -0.05) is 24.6 Å². The molecule has 0 radical (unpaired) electrons. The van der Waals surface area contributed by atoms with Gasteiger partial charge in [0.2, 0.25) is 10.0 Å². The summed E-state index contributed by atoms with van der Waals surface area (Å²) in [5.74, 6) is -0.161. The van der Waals surface area contributed by atoms with Gasteiger partial charge < -0.3 is 5.32 Å². The van der Waals surface area contributed by atoms with Crippen LogP contribution in [-0.4, -0.2) is 46.5 Å². The summed E-state index contributed by atoms with van der Waals surface area (Å²) in [5, 5.41) is 7.40. The van der Waals surface area contributed by atoms with E-state index in [1.54, 1.807) is 47.4 Å². The molecule has 1 fully saturated rings. The molecule has 33 heavy (non-hydrogen) atoms. The fourth-order valence-electron chi connectivity index (χ4n) is 4.16. The van der Waals surface area contributed by atoms with Gasteiger partial charge in [-0.15, -0.1) is 0 Å². The van der Waals surface area contributed by atoms with Crippen molar-refractivity contribution in [1.82, 2.24) is 24.4 Å². The van der Waals surface area contributed by atoms with Crippen LogP contribution in [0.1, 0.15) is 52.1 Å². The molecule has 0 bridgehead atoms. The molecule has 3 heterocycles. The quantitative estimate of drug-likeness (QED) is 0.576. The summed E-state index contributed by atoms with van der Waals surface area (Å²) in [4.78, 5) is 16.8. The van der Waals surface area contributed by atoms with Crippen LogP contribution in [0.25, 0.3) is 0 Å². The molecule has 2 aromatic heterocycles. The van der Waals surface area contributed by atoms with Crippen LogP contribution >= 0.6 is 0 Å². The summed E-state index contributed by atoms with van der Waals surface area (Å²) in [7, 11) is -3.55. The smallest absolute Gasteiger partial charge is 0.251 e. The van der Waals surface area contributed by atoms with Gasteiger partial charge in [0, 0.05) is 37.6 Å². The first-order valence-electron chi connectivity index (χ1n) is 11.2. The van der Waals surface area contributed by atoms with Gasteiger partial charge in [0.05, 0.1) is 17.9 Å². The number of amides is 1. The number of carbonyl (C=O) groups excluding carboxylic acids is 1. The minimum atomic E-state index is -3.55. The number of nitrogens with one attached hydrogen (secondary N) is 1. The maximum Gasteiger partial charge on any atom is 0.251 e. The van der Waals surface area contributed by atoms with Gasteiger partial charge in [0.15, 0.2) is 0 Å². The normalized spacial score (nSPS) is 14.8. The van der Waals surface area contributed by atoms with E-state index in [-0.39, 0.29) is 5.91 Å². The van der Waals surface area contributed by atoms with E-state index in [1.807, 2.05) is 24.3 Å². The lowest BCUT2D eigenvalue weighted by Crippen LogP contribution is -2.36. The first kappa shape index (κ1) is 23.1. The van der Waals surface area contributed by atoms with Crippen LogP contribution in [0.15, 0.2) is 53.7 Å². The molecule has 1 N–H and O–H groups in total. The maximum absolute atomic E-state index is 13.2. The van der Waals surface area contributed by atoms with Crippen molar-refractivity contribution in [2.24, 2.45) is 0 Å². The largest absolute Gasteiger partial charge is 0.348 e. The molecule has 174 valence electrons. The number of rotatable bonds is 7. The second-order valence-electron chi connectivity index (χ2n) is 8.36. The molecule has 3 aromatic rings. The number of carbonyl (C=O) groups is 1. The molecule has 1 aromatic carbocycles. The molecule has 0 spiro atoms. The number of piperidine rings is 1. The van der Waals surface area contributed by atoms with Gasteiger partial charge in [-0.3, -0.25) is 14.5 Å². The van der Waals surface area contributed by atoms with Gasteiger partial charge in [0.25, 0.3) is 5.91 Å². The fraction of sp³-hybridized carbons (Fsp3) is 0.375. The standard InChI is InChI=1S/C24H29N5O3S/c1-18-23(33(31,32)28-13-4-3-5-14-28)19(2)29(27-18)17-20-8-10-22(11-9-20)24(30)26-16-21-7-6-12-25-15-21/h6-12,15H,3-5,13-14,16-17H2,1-2H3,(H,26,30). The van der Waals surface area contributed by atoms with Gasteiger partial charge in [0.1, 0.15) is 4.90 Å². The van der Waals surface area contributed by atoms with Crippen molar-refractivity contribution in [2.75, 3.05) is 13.1 Å². The zero-order valence-electron chi connectivity index (χ0n) is 19.0. The van der Waals surface area contributed by atoms with Crippen LogP contribution in [0.4, 0.5) is 0 Å². The predicted octanol–water partition coefficient (Wildman–Crippen LogP) is 3.05. The monoisotopic (exact) mass is 467 g/mol. The highest BCUT2D eigenvalue weighted by Crippen LogP contribution is 2.26. The molecular formula is C24H29N5O3S. The zero-order valence-corrected chi connectivity index (χ0v) is 19.8. The molecule has 1 amide bonds. The predicted molar refractivity (Wildman–Crippen MR) is 125 cm³/mol. The Labute approximate surface area is 194 Å². The zero-order chi connectivity index (χ0) is 23.4. The second-order valence-corrected chi connectivity index (χ2v) is 10.2. The minimum absolute atomic E-state index is 0.161.